The number of aromatic nitrogens is 2. The minimum absolute atomic E-state index is 0.0251. The van der Waals surface area contributed by atoms with Crippen molar-refractivity contribution in [2.24, 2.45) is 0 Å². The van der Waals surface area contributed by atoms with Crippen LogP contribution in [0.3, 0.4) is 0 Å². The number of hydrogen-bond donors (Lipinski definition) is 7. The maximum Gasteiger partial charge on any atom is 0.481 e. The molecule has 2 aliphatic heterocycles. The number of hydrogen-bond acceptors (Lipinski definition) is 11. The highest BCUT2D eigenvalue weighted by Crippen LogP contribution is 2.57. The molecular formula is C10H16N4O11P2. The molecule has 5 atom stereocenters. The summed E-state index contributed by atoms with van der Waals surface area (Å²) in [5.41, 5.74) is -0.316. The van der Waals surface area contributed by atoms with Gasteiger partial charge in [-0.3, -0.25) is 9.32 Å². The Balaban J connectivity index is 1.69. The first-order valence-corrected chi connectivity index (χ1v) is 10.3. The van der Waals surface area contributed by atoms with Crippen LogP contribution in [-0.4, -0.2) is 72.7 Å². The Labute approximate surface area is 150 Å². The van der Waals surface area contributed by atoms with Crippen LogP contribution in [-0.2, 0) is 22.7 Å². The standard InChI is InChI=1S/C10H16N4O11P2/c15-6-4(1-23-27(21,22)25-26(18,19)20)24-10(7(6)16)14-3-13-5-8(14)11-2-12-9(5)17/h2,4,6-7,10,13,15-16H,1,3H2,(H,21,22)(H,11,12,17)(H2,18,19,20)/t4-,6-,7-,10-/m1/s1. The van der Waals surface area contributed by atoms with Crippen molar-refractivity contribution >= 4 is 27.2 Å². The van der Waals surface area contributed by atoms with Gasteiger partial charge in [0.05, 0.1) is 19.6 Å². The largest absolute Gasteiger partial charge is 0.481 e. The Hall–Kier alpha value is -1.38. The van der Waals surface area contributed by atoms with Crippen molar-refractivity contribution in [3.63, 3.8) is 0 Å². The van der Waals surface area contributed by atoms with Crippen molar-refractivity contribution in [1.82, 2.24) is 9.97 Å². The number of rotatable bonds is 6. The number of phosphoric acid groups is 2. The van der Waals surface area contributed by atoms with Gasteiger partial charge in [0.1, 0.15) is 24.0 Å². The normalized spacial score (nSPS) is 30.0. The number of ether oxygens (including phenoxy) is 1. The smallest absolute Gasteiger partial charge is 0.387 e. The summed E-state index contributed by atoms with van der Waals surface area (Å²) in [4.78, 5) is 45.7. The van der Waals surface area contributed by atoms with Crippen molar-refractivity contribution in [3.8, 4) is 0 Å². The van der Waals surface area contributed by atoms with Gasteiger partial charge in [-0.1, -0.05) is 0 Å². The van der Waals surface area contributed by atoms with Gasteiger partial charge in [-0.15, -0.1) is 0 Å². The topological polar surface area (TPSA) is 224 Å². The van der Waals surface area contributed by atoms with Crippen LogP contribution >= 0.6 is 15.6 Å². The third kappa shape index (κ3) is 4.38. The first kappa shape index (κ1) is 20.4. The quantitative estimate of drug-likeness (QED) is 0.234. The van der Waals surface area contributed by atoms with Crippen LogP contribution in [0.25, 0.3) is 0 Å². The number of aromatic amines is 1. The molecule has 0 saturated carbocycles. The molecule has 2 aliphatic rings. The van der Waals surface area contributed by atoms with Crippen LogP contribution in [0.5, 0.6) is 0 Å². The molecule has 3 rings (SSSR count). The number of anilines is 2. The fraction of sp³-hybridized carbons (Fsp3) is 0.600. The number of aliphatic hydroxyl groups is 2. The fourth-order valence-electron chi connectivity index (χ4n) is 2.67. The third-order valence-electron chi connectivity index (χ3n) is 3.79. The average Bonchev–Trinajstić information content (AvgIpc) is 3.07. The number of fused-ring (bicyclic) bond motifs is 1. The first-order valence-electron chi connectivity index (χ1n) is 7.32. The molecular weight excluding hydrogens is 414 g/mol. The van der Waals surface area contributed by atoms with E-state index in [1.807, 2.05) is 0 Å². The van der Waals surface area contributed by atoms with Crippen molar-refractivity contribution in [3.05, 3.63) is 16.7 Å². The summed E-state index contributed by atoms with van der Waals surface area (Å²) in [5, 5.41) is 23.0. The number of nitrogens with one attached hydrogen (secondary N) is 2. The summed E-state index contributed by atoms with van der Waals surface area (Å²) in [7, 11) is -10.4. The first-order chi connectivity index (χ1) is 12.5. The van der Waals surface area contributed by atoms with Gasteiger partial charge in [0.15, 0.2) is 12.0 Å². The van der Waals surface area contributed by atoms with E-state index >= 15 is 0 Å². The summed E-state index contributed by atoms with van der Waals surface area (Å²) in [6.45, 7) is -0.795. The van der Waals surface area contributed by atoms with Gasteiger partial charge in [-0.05, 0) is 0 Å². The molecule has 0 amide bonds. The fourth-order valence-corrected chi connectivity index (χ4v) is 4.27. The Kier molecular flexibility index (Phi) is 5.44. The zero-order valence-electron chi connectivity index (χ0n) is 13.3. The lowest BCUT2D eigenvalue weighted by molar-refractivity contribution is -0.0215. The highest BCUT2D eigenvalue weighted by molar-refractivity contribution is 7.60. The van der Waals surface area contributed by atoms with E-state index in [1.165, 1.54) is 4.90 Å². The second kappa shape index (κ2) is 7.22. The van der Waals surface area contributed by atoms with Gasteiger partial charge >= 0.3 is 15.6 Å². The van der Waals surface area contributed by atoms with E-state index in [0.717, 1.165) is 6.33 Å². The van der Waals surface area contributed by atoms with Gasteiger partial charge in [-0.25, -0.2) is 14.1 Å². The lowest BCUT2D eigenvalue weighted by atomic mass is 10.1. The molecule has 0 aliphatic carbocycles. The van der Waals surface area contributed by atoms with Crippen molar-refractivity contribution in [2.75, 3.05) is 23.5 Å². The molecule has 0 spiro atoms. The third-order valence-corrected chi connectivity index (χ3v) is 5.94. The highest BCUT2D eigenvalue weighted by Gasteiger charge is 2.48. The van der Waals surface area contributed by atoms with Gasteiger partial charge in [0, 0.05) is 0 Å². The lowest BCUT2D eigenvalue weighted by Crippen LogP contribution is -2.44. The minimum atomic E-state index is -5.29. The number of H-pyrrole nitrogens is 1. The van der Waals surface area contributed by atoms with E-state index in [4.69, 9.17) is 14.5 Å². The van der Waals surface area contributed by atoms with E-state index in [0.29, 0.717) is 0 Å². The highest BCUT2D eigenvalue weighted by atomic mass is 31.3. The number of aliphatic hydroxyl groups excluding tert-OH is 2. The maximum absolute atomic E-state index is 11.7. The second-order valence-corrected chi connectivity index (χ2v) is 8.45. The van der Waals surface area contributed by atoms with E-state index < -0.39 is 52.4 Å². The molecule has 1 saturated heterocycles. The lowest BCUT2D eigenvalue weighted by Gasteiger charge is -2.26. The average molecular weight is 430 g/mol. The Morgan fingerprint density at radius 3 is 2.67 bits per heavy atom. The Morgan fingerprint density at radius 1 is 1.30 bits per heavy atom. The van der Waals surface area contributed by atoms with Crippen LogP contribution in [0.15, 0.2) is 11.1 Å². The van der Waals surface area contributed by atoms with Gasteiger partial charge in [0.2, 0.25) is 0 Å². The van der Waals surface area contributed by atoms with Gasteiger partial charge in [-0.2, -0.15) is 4.31 Å². The molecule has 1 fully saturated rings. The van der Waals surface area contributed by atoms with Crippen LogP contribution in [0.2, 0.25) is 0 Å². The van der Waals surface area contributed by atoms with E-state index in [2.05, 4.69) is 24.1 Å². The summed E-state index contributed by atoms with van der Waals surface area (Å²) < 4.78 is 35.5. The molecule has 0 aromatic carbocycles. The molecule has 17 heteroatoms. The molecule has 152 valence electrons. The van der Waals surface area contributed by atoms with Gasteiger partial charge in [0.25, 0.3) is 5.56 Å². The molecule has 7 N–H and O–H groups in total. The summed E-state index contributed by atoms with van der Waals surface area (Å²) in [5.74, 6) is 0.161. The molecule has 1 unspecified atom stereocenters. The molecule has 0 radical (unpaired) electrons. The van der Waals surface area contributed by atoms with Crippen LogP contribution in [0, 0.1) is 0 Å². The van der Waals surface area contributed by atoms with E-state index in [-0.39, 0.29) is 18.2 Å². The molecule has 1 aromatic rings. The van der Waals surface area contributed by atoms with Crippen LogP contribution in [0.1, 0.15) is 0 Å². The van der Waals surface area contributed by atoms with Crippen LogP contribution in [0.4, 0.5) is 11.5 Å². The minimum Gasteiger partial charge on any atom is -0.387 e. The Bertz CT molecular complexity index is 858. The molecule has 27 heavy (non-hydrogen) atoms. The van der Waals surface area contributed by atoms with Crippen molar-refractivity contribution < 1.29 is 47.6 Å². The Morgan fingerprint density at radius 2 is 2.00 bits per heavy atom. The number of phosphoric ester groups is 1. The monoisotopic (exact) mass is 430 g/mol. The van der Waals surface area contributed by atoms with E-state index in [9.17, 15) is 29.0 Å². The molecule has 1 aromatic heterocycles. The predicted molar refractivity (Wildman–Crippen MR) is 85.4 cm³/mol. The summed E-state index contributed by atoms with van der Waals surface area (Å²) >= 11 is 0. The van der Waals surface area contributed by atoms with Gasteiger partial charge < -0.3 is 44.8 Å². The predicted octanol–water partition coefficient (Wildman–Crippen LogP) is -2.37. The van der Waals surface area contributed by atoms with Crippen molar-refractivity contribution in [1.29, 1.82) is 0 Å². The summed E-state index contributed by atoms with van der Waals surface area (Å²) in [6, 6.07) is 0. The SMILES string of the molecule is O=c1[nH]cnc2c1NCN2[C@@H]1O[C@H](COP(=O)(O)OP(=O)(O)O)[C@@H](O)[C@H]1O. The zero-order valence-corrected chi connectivity index (χ0v) is 15.1. The van der Waals surface area contributed by atoms with E-state index in [1.54, 1.807) is 0 Å². The summed E-state index contributed by atoms with van der Waals surface area (Å²) in [6.07, 6.45) is -4.46. The molecule has 0 bridgehead atoms. The molecule has 15 nitrogen and oxygen atoms in total. The number of nitrogens with zero attached hydrogens (tertiary/aromatic N) is 2. The maximum atomic E-state index is 11.7. The van der Waals surface area contributed by atoms with Crippen LogP contribution < -0.4 is 15.8 Å². The molecule has 3 heterocycles. The zero-order chi connectivity index (χ0) is 20.0. The second-order valence-electron chi connectivity index (χ2n) is 5.62. The van der Waals surface area contributed by atoms with Crippen molar-refractivity contribution in [2.45, 2.75) is 24.5 Å².